The molecule has 0 saturated heterocycles. The fourth-order valence-corrected chi connectivity index (χ4v) is 0.641. The Balaban J connectivity index is 2.95. The Morgan fingerprint density at radius 2 is 2.11 bits per heavy atom. The van der Waals surface area contributed by atoms with Crippen molar-refractivity contribution in [1.29, 1.82) is 0 Å². The number of hydrogen-bond donors (Lipinski definition) is 1. The van der Waals surface area contributed by atoms with Crippen LogP contribution in [0.1, 0.15) is 27.2 Å². The molecule has 1 atom stereocenters. The molecule has 0 bridgehead atoms. The van der Waals surface area contributed by atoms with Crippen LogP contribution in [-0.2, 0) is 4.74 Å². The van der Waals surface area contributed by atoms with Gasteiger partial charge in [0.25, 0.3) is 0 Å². The molecule has 0 aromatic heterocycles. The molecule has 56 valence electrons. The smallest absolute Gasteiger partial charge is 0.105 e. The summed E-state index contributed by atoms with van der Waals surface area (Å²) >= 11 is 0. The predicted octanol–water partition coefficient (Wildman–Crippen LogP) is 1.37. The zero-order chi connectivity index (χ0) is 7.11. The lowest BCUT2D eigenvalue weighted by Gasteiger charge is -2.11. The third-order valence-corrected chi connectivity index (χ3v) is 1.06. The van der Waals surface area contributed by atoms with Crippen LogP contribution >= 0.6 is 0 Å². The zero-order valence-electron chi connectivity index (χ0n) is 6.61. The minimum atomic E-state index is 0.218. The van der Waals surface area contributed by atoms with Crippen LogP contribution in [0.15, 0.2) is 0 Å². The van der Waals surface area contributed by atoms with Crippen LogP contribution in [0.5, 0.6) is 0 Å². The van der Waals surface area contributed by atoms with E-state index >= 15 is 0 Å². The van der Waals surface area contributed by atoms with Crippen molar-refractivity contribution in [3.8, 4) is 0 Å². The number of hydrogen-bond acceptors (Lipinski definition) is 2. The first kappa shape index (κ1) is 8.92. The monoisotopic (exact) mass is 131 g/mol. The van der Waals surface area contributed by atoms with Gasteiger partial charge in [0, 0.05) is 6.61 Å². The second kappa shape index (κ2) is 6.05. The van der Waals surface area contributed by atoms with Crippen molar-refractivity contribution in [2.75, 3.05) is 13.2 Å². The summed E-state index contributed by atoms with van der Waals surface area (Å²) in [6.45, 7) is 8.04. The van der Waals surface area contributed by atoms with Gasteiger partial charge in [0.05, 0.1) is 0 Å². The molecule has 0 heterocycles. The molecule has 2 heteroatoms. The Kier molecular flexibility index (Phi) is 5.99. The minimum Gasteiger partial charge on any atom is -0.364 e. The van der Waals surface area contributed by atoms with Gasteiger partial charge in [-0.25, -0.2) is 0 Å². The Morgan fingerprint density at radius 1 is 1.44 bits per heavy atom. The van der Waals surface area contributed by atoms with Gasteiger partial charge in [-0.05, 0) is 19.9 Å². The summed E-state index contributed by atoms with van der Waals surface area (Å²) in [6.07, 6.45) is 1.31. The standard InChI is InChI=1S/C7H17NO/c1-4-6-9-7(3)8-5-2/h7-8H,4-6H2,1-3H3. The van der Waals surface area contributed by atoms with E-state index in [1.165, 1.54) is 0 Å². The van der Waals surface area contributed by atoms with Crippen molar-refractivity contribution in [2.45, 2.75) is 33.4 Å². The first-order valence-corrected chi connectivity index (χ1v) is 3.66. The van der Waals surface area contributed by atoms with Gasteiger partial charge in [0.15, 0.2) is 0 Å². The SMILES string of the molecule is CCCOC(C)NCC. The van der Waals surface area contributed by atoms with Crippen LogP contribution in [-0.4, -0.2) is 19.4 Å². The molecule has 0 aromatic carbocycles. The largest absolute Gasteiger partial charge is 0.364 e. The Morgan fingerprint density at radius 3 is 2.56 bits per heavy atom. The van der Waals surface area contributed by atoms with E-state index in [-0.39, 0.29) is 6.23 Å². The molecule has 0 aromatic rings. The van der Waals surface area contributed by atoms with E-state index in [1.807, 2.05) is 6.92 Å². The van der Waals surface area contributed by atoms with Crippen molar-refractivity contribution in [2.24, 2.45) is 0 Å². The molecule has 0 radical (unpaired) electrons. The highest BCUT2D eigenvalue weighted by atomic mass is 16.5. The van der Waals surface area contributed by atoms with Crippen LogP contribution in [0.2, 0.25) is 0 Å². The van der Waals surface area contributed by atoms with Crippen LogP contribution in [0.3, 0.4) is 0 Å². The first-order valence-electron chi connectivity index (χ1n) is 3.66. The summed E-state index contributed by atoms with van der Waals surface area (Å²) in [6, 6.07) is 0. The molecule has 2 nitrogen and oxygen atoms in total. The lowest BCUT2D eigenvalue weighted by atomic mass is 10.5. The van der Waals surface area contributed by atoms with Gasteiger partial charge in [-0.3, -0.25) is 5.32 Å². The number of nitrogens with one attached hydrogen (secondary N) is 1. The molecule has 0 saturated carbocycles. The summed E-state index contributed by atoms with van der Waals surface area (Å²) in [5, 5.41) is 3.16. The quantitative estimate of drug-likeness (QED) is 0.569. The summed E-state index contributed by atoms with van der Waals surface area (Å²) in [5.74, 6) is 0. The molecule has 0 amide bonds. The van der Waals surface area contributed by atoms with Crippen LogP contribution in [0.25, 0.3) is 0 Å². The lowest BCUT2D eigenvalue weighted by molar-refractivity contribution is 0.0445. The molecule has 0 aliphatic carbocycles. The third-order valence-electron chi connectivity index (χ3n) is 1.06. The molecule has 0 aliphatic rings. The van der Waals surface area contributed by atoms with Gasteiger partial charge >= 0.3 is 0 Å². The first-order chi connectivity index (χ1) is 4.31. The summed E-state index contributed by atoms with van der Waals surface area (Å²) in [5.41, 5.74) is 0. The second-order valence-electron chi connectivity index (χ2n) is 2.07. The molecular weight excluding hydrogens is 114 g/mol. The molecular formula is C7H17NO. The fourth-order valence-electron chi connectivity index (χ4n) is 0.641. The predicted molar refractivity (Wildman–Crippen MR) is 39.4 cm³/mol. The maximum atomic E-state index is 5.32. The number of rotatable bonds is 5. The van der Waals surface area contributed by atoms with E-state index in [1.54, 1.807) is 0 Å². The molecule has 0 spiro atoms. The van der Waals surface area contributed by atoms with E-state index in [0.717, 1.165) is 19.6 Å². The molecule has 0 fully saturated rings. The Bertz CT molecular complexity index is 56.9. The van der Waals surface area contributed by atoms with Crippen molar-refractivity contribution < 1.29 is 4.74 Å². The normalized spacial score (nSPS) is 13.7. The van der Waals surface area contributed by atoms with E-state index in [9.17, 15) is 0 Å². The van der Waals surface area contributed by atoms with Crippen molar-refractivity contribution in [3.63, 3.8) is 0 Å². The van der Waals surface area contributed by atoms with Gasteiger partial charge in [-0.2, -0.15) is 0 Å². The topological polar surface area (TPSA) is 21.3 Å². The van der Waals surface area contributed by atoms with E-state index in [2.05, 4.69) is 19.2 Å². The van der Waals surface area contributed by atoms with Gasteiger partial charge in [-0.15, -0.1) is 0 Å². The summed E-state index contributed by atoms with van der Waals surface area (Å²) < 4.78 is 5.32. The van der Waals surface area contributed by atoms with Gasteiger partial charge in [-0.1, -0.05) is 13.8 Å². The van der Waals surface area contributed by atoms with Crippen LogP contribution < -0.4 is 5.32 Å². The molecule has 1 unspecified atom stereocenters. The Hall–Kier alpha value is -0.0800. The average Bonchev–Trinajstić information content (AvgIpc) is 1.85. The van der Waals surface area contributed by atoms with Gasteiger partial charge in [0.1, 0.15) is 6.23 Å². The van der Waals surface area contributed by atoms with E-state index < -0.39 is 0 Å². The molecule has 0 aliphatic heterocycles. The van der Waals surface area contributed by atoms with Gasteiger partial charge < -0.3 is 4.74 Å². The van der Waals surface area contributed by atoms with Crippen molar-refractivity contribution in [1.82, 2.24) is 5.32 Å². The third kappa shape index (κ3) is 5.80. The van der Waals surface area contributed by atoms with Crippen molar-refractivity contribution >= 4 is 0 Å². The van der Waals surface area contributed by atoms with Crippen LogP contribution in [0, 0.1) is 0 Å². The van der Waals surface area contributed by atoms with Gasteiger partial charge in [0.2, 0.25) is 0 Å². The maximum absolute atomic E-state index is 5.32. The van der Waals surface area contributed by atoms with Crippen LogP contribution in [0.4, 0.5) is 0 Å². The molecule has 1 N–H and O–H groups in total. The highest BCUT2D eigenvalue weighted by molar-refractivity contribution is 4.42. The zero-order valence-corrected chi connectivity index (χ0v) is 6.61. The summed E-state index contributed by atoms with van der Waals surface area (Å²) in [7, 11) is 0. The Labute approximate surface area is 57.6 Å². The highest BCUT2D eigenvalue weighted by Crippen LogP contribution is 1.86. The molecule has 9 heavy (non-hydrogen) atoms. The average molecular weight is 131 g/mol. The maximum Gasteiger partial charge on any atom is 0.105 e. The second-order valence-corrected chi connectivity index (χ2v) is 2.07. The minimum absolute atomic E-state index is 0.218. The molecule has 0 rings (SSSR count). The summed E-state index contributed by atoms with van der Waals surface area (Å²) in [4.78, 5) is 0. The van der Waals surface area contributed by atoms with E-state index in [0.29, 0.717) is 0 Å². The van der Waals surface area contributed by atoms with Crippen molar-refractivity contribution in [3.05, 3.63) is 0 Å². The van der Waals surface area contributed by atoms with E-state index in [4.69, 9.17) is 4.74 Å². The fraction of sp³-hybridized carbons (Fsp3) is 1.00. The number of ether oxygens (including phenoxy) is 1. The lowest BCUT2D eigenvalue weighted by Crippen LogP contribution is -2.28. The highest BCUT2D eigenvalue weighted by Gasteiger charge is 1.94.